The highest BCUT2D eigenvalue weighted by molar-refractivity contribution is 5.99. The van der Waals surface area contributed by atoms with Crippen molar-refractivity contribution in [3.05, 3.63) is 29.5 Å². The Morgan fingerprint density at radius 1 is 1.09 bits per heavy atom. The van der Waals surface area contributed by atoms with Gasteiger partial charge in [-0.3, -0.25) is 0 Å². The number of hydrogen-bond donors (Lipinski definition) is 1. The van der Waals surface area contributed by atoms with Crippen molar-refractivity contribution in [2.75, 3.05) is 38.7 Å². The summed E-state index contributed by atoms with van der Waals surface area (Å²) in [4.78, 5) is 7.74. The molecule has 5 rings (SSSR count). The van der Waals surface area contributed by atoms with Gasteiger partial charge in [-0.2, -0.15) is 0 Å². The van der Waals surface area contributed by atoms with Gasteiger partial charge in [0.15, 0.2) is 11.5 Å². The molecule has 3 heterocycles. The summed E-state index contributed by atoms with van der Waals surface area (Å²) in [5.74, 6) is 1.59. The fraction of sp³-hybridized carbons (Fsp3) is 0.593. The van der Waals surface area contributed by atoms with E-state index in [-0.39, 0.29) is 5.54 Å². The second kappa shape index (κ2) is 8.93. The molecular weight excluding hydrogens is 398 g/mol. The molecule has 1 saturated heterocycles. The number of nitrogens with zero attached hydrogens (tertiary/aromatic N) is 2. The Morgan fingerprint density at radius 2 is 1.94 bits per heavy atom. The van der Waals surface area contributed by atoms with Crippen LogP contribution in [0.15, 0.2) is 18.2 Å². The normalized spacial score (nSPS) is 20.2. The van der Waals surface area contributed by atoms with Crippen LogP contribution in [0.1, 0.15) is 70.1 Å². The summed E-state index contributed by atoms with van der Waals surface area (Å²) >= 11 is 0. The average Bonchev–Trinajstić information content (AvgIpc) is 3.43. The number of hydrogen-bond acceptors (Lipinski definition) is 5. The Bertz CT molecular complexity index is 1020. The summed E-state index contributed by atoms with van der Waals surface area (Å²) in [6, 6.07) is 4.20. The number of benzene rings is 1. The first kappa shape index (κ1) is 21.6. The molecule has 0 bridgehead atoms. The molecule has 5 nitrogen and oxygen atoms in total. The Kier molecular flexibility index (Phi) is 6.02. The van der Waals surface area contributed by atoms with E-state index in [1.165, 1.54) is 61.3 Å². The maximum atomic E-state index is 6.21. The zero-order chi connectivity index (χ0) is 22.1. The summed E-state index contributed by atoms with van der Waals surface area (Å²) in [5, 5.41) is 4.91. The van der Waals surface area contributed by atoms with E-state index in [1.807, 2.05) is 0 Å². The number of methoxy groups -OCH3 is 1. The van der Waals surface area contributed by atoms with Gasteiger partial charge in [0, 0.05) is 34.8 Å². The maximum absolute atomic E-state index is 6.21. The Morgan fingerprint density at radius 3 is 2.69 bits per heavy atom. The van der Waals surface area contributed by atoms with Gasteiger partial charge in [-0.25, -0.2) is 4.98 Å². The van der Waals surface area contributed by atoms with Gasteiger partial charge in [0.05, 0.1) is 24.9 Å². The predicted molar refractivity (Wildman–Crippen MR) is 132 cm³/mol. The molecule has 3 aliphatic rings. The van der Waals surface area contributed by atoms with Crippen molar-refractivity contribution in [3.8, 4) is 11.5 Å². The lowest BCUT2D eigenvalue weighted by atomic mass is 9.90. The Balaban J connectivity index is 1.47. The van der Waals surface area contributed by atoms with Gasteiger partial charge in [-0.05, 0) is 89.9 Å². The molecular formula is C27H37N3O2. The lowest BCUT2D eigenvalue weighted by Crippen LogP contribution is -2.27. The van der Waals surface area contributed by atoms with E-state index in [0.29, 0.717) is 6.61 Å². The van der Waals surface area contributed by atoms with E-state index in [4.69, 9.17) is 14.5 Å². The van der Waals surface area contributed by atoms with Crippen LogP contribution in [0, 0.1) is 0 Å². The van der Waals surface area contributed by atoms with Crippen LogP contribution < -0.4 is 14.8 Å². The Hall–Kier alpha value is -2.27. The first-order valence-corrected chi connectivity index (χ1v) is 12.4. The van der Waals surface area contributed by atoms with Gasteiger partial charge in [-0.1, -0.05) is 6.08 Å². The number of ether oxygens (including phenoxy) is 2. The lowest BCUT2D eigenvalue weighted by molar-refractivity contribution is 0.254. The van der Waals surface area contributed by atoms with Crippen LogP contribution in [-0.4, -0.2) is 48.8 Å². The molecule has 5 heteroatoms. The molecule has 0 saturated carbocycles. The third kappa shape index (κ3) is 4.32. The summed E-state index contributed by atoms with van der Waals surface area (Å²) in [6.45, 7) is 8.82. The molecule has 1 aromatic heterocycles. The largest absolute Gasteiger partial charge is 0.493 e. The number of aromatic nitrogens is 1. The number of likely N-dealkylation sites (tertiary alicyclic amines) is 1. The smallest absolute Gasteiger partial charge is 0.163 e. The quantitative estimate of drug-likeness (QED) is 0.556. The van der Waals surface area contributed by atoms with Crippen LogP contribution in [0.5, 0.6) is 11.5 Å². The zero-order valence-electron chi connectivity index (χ0n) is 19.9. The average molecular weight is 436 g/mol. The highest BCUT2D eigenvalue weighted by Gasteiger charge is 2.33. The van der Waals surface area contributed by atoms with E-state index in [9.17, 15) is 0 Å². The summed E-state index contributed by atoms with van der Waals surface area (Å²) in [7, 11) is 1.73. The molecule has 0 unspecified atom stereocenters. The second-order valence-electron chi connectivity index (χ2n) is 10.2. The summed E-state index contributed by atoms with van der Waals surface area (Å²) in [5.41, 5.74) is 6.21. The van der Waals surface area contributed by atoms with Crippen molar-refractivity contribution in [2.24, 2.45) is 0 Å². The van der Waals surface area contributed by atoms with Crippen molar-refractivity contribution in [1.29, 1.82) is 0 Å². The van der Waals surface area contributed by atoms with Crippen LogP contribution in [0.4, 0.5) is 5.69 Å². The van der Waals surface area contributed by atoms with Crippen LogP contribution in [-0.2, 0) is 6.42 Å². The number of rotatable bonds is 7. The van der Waals surface area contributed by atoms with Crippen molar-refractivity contribution in [1.82, 2.24) is 9.88 Å². The fourth-order valence-electron chi connectivity index (χ4n) is 5.52. The fourth-order valence-corrected chi connectivity index (χ4v) is 5.52. The molecule has 1 N–H and O–H groups in total. The standard InChI is InChI=1S/C27H37N3O2/c1-27(2)18-21-25(19-10-5-4-6-11-19)28-22-17-24(23(31-3)16-20(22)26(21)29-27)32-15-9-14-30-12-7-8-13-30/h10,16-17,29H,4-9,11-15,18H2,1-3H3. The number of allylic oxidation sites excluding steroid dienone is 2. The van der Waals surface area contributed by atoms with Gasteiger partial charge in [-0.15, -0.1) is 0 Å². The molecule has 32 heavy (non-hydrogen) atoms. The van der Waals surface area contributed by atoms with Crippen molar-refractivity contribution in [3.63, 3.8) is 0 Å². The topological polar surface area (TPSA) is 46.6 Å². The van der Waals surface area contributed by atoms with Crippen LogP contribution in [0.3, 0.4) is 0 Å². The van der Waals surface area contributed by atoms with Crippen molar-refractivity contribution >= 4 is 22.2 Å². The van der Waals surface area contributed by atoms with Crippen LogP contribution in [0.2, 0.25) is 0 Å². The summed E-state index contributed by atoms with van der Waals surface area (Å²) < 4.78 is 12.0. The molecule has 0 radical (unpaired) electrons. The number of anilines is 1. The van der Waals surface area contributed by atoms with E-state index < -0.39 is 0 Å². The molecule has 2 aromatic rings. The maximum Gasteiger partial charge on any atom is 0.163 e. The van der Waals surface area contributed by atoms with Gasteiger partial charge in [0.25, 0.3) is 0 Å². The van der Waals surface area contributed by atoms with E-state index >= 15 is 0 Å². The molecule has 1 aromatic carbocycles. The van der Waals surface area contributed by atoms with Gasteiger partial charge >= 0.3 is 0 Å². The molecule has 0 atom stereocenters. The predicted octanol–water partition coefficient (Wildman–Crippen LogP) is 5.81. The minimum Gasteiger partial charge on any atom is -0.493 e. The summed E-state index contributed by atoms with van der Waals surface area (Å²) in [6.07, 6.45) is 11.9. The van der Waals surface area contributed by atoms with Gasteiger partial charge in [0.1, 0.15) is 0 Å². The van der Waals surface area contributed by atoms with Crippen molar-refractivity contribution in [2.45, 2.75) is 70.8 Å². The molecule has 1 aliphatic carbocycles. The minimum absolute atomic E-state index is 0.0280. The molecule has 2 aliphatic heterocycles. The third-order valence-corrected chi connectivity index (χ3v) is 7.12. The number of fused-ring (bicyclic) bond motifs is 3. The van der Waals surface area contributed by atoms with E-state index in [2.05, 4.69) is 42.3 Å². The van der Waals surface area contributed by atoms with E-state index in [1.54, 1.807) is 7.11 Å². The highest BCUT2D eigenvalue weighted by atomic mass is 16.5. The van der Waals surface area contributed by atoms with Crippen molar-refractivity contribution < 1.29 is 9.47 Å². The third-order valence-electron chi connectivity index (χ3n) is 7.12. The van der Waals surface area contributed by atoms with Crippen LogP contribution >= 0.6 is 0 Å². The zero-order valence-corrected chi connectivity index (χ0v) is 19.9. The van der Waals surface area contributed by atoms with Gasteiger partial charge < -0.3 is 19.7 Å². The highest BCUT2D eigenvalue weighted by Crippen LogP contribution is 2.45. The SMILES string of the molecule is COc1cc2c3c(c(C4=CCCCC4)nc2cc1OCCCN1CCCC1)CC(C)(C)N3. The van der Waals surface area contributed by atoms with E-state index in [0.717, 1.165) is 54.6 Å². The second-order valence-corrected chi connectivity index (χ2v) is 10.2. The molecule has 172 valence electrons. The Labute approximate surface area is 192 Å². The number of nitrogens with one attached hydrogen (secondary N) is 1. The van der Waals surface area contributed by atoms with Crippen LogP contribution in [0.25, 0.3) is 16.5 Å². The monoisotopic (exact) mass is 435 g/mol. The van der Waals surface area contributed by atoms with Gasteiger partial charge in [0.2, 0.25) is 0 Å². The first-order chi connectivity index (χ1) is 15.5. The molecule has 0 spiro atoms. The molecule has 0 amide bonds. The number of pyridine rings is 1. The molecule has 1 fully saturated rings. The minimum atomic E-state index is 0.0280. The first-order valence-electron chi connectivity index (χ1n) is 12.4. The lowest BCUT2D eigenvalue weighted by Gasteiger charge is -2.19.